The Morgan fingerprint density at radius 1 is 0.459 bits per heavy atom. The molecule has 6 aromatic heterocycles. The van der Waals surface area contributed by atoms with Gasteiger partial charge in [0.1, 0.15) is 11.5 Å². The van der Waals surface area contributed by atoms with Crippen molar-refractivity contribution in [3.05, 3.63) is 97.5 Å². The molecule has 0 saturated carbocycles. The molecule has 0 aliphatic heterocycles. The second kappa shape index (κ2) is 5.97. The van der Waals surface area contributed by atoms with E-state index in [2.05, 4.69) is 81.6 Å². The number of benzene rings is 4. The molecule has 5 nitrogen and oxygen atoms in total. The number of rotatable bonds is 2. The van der Waals surface area contributed by atoms with E-state index in [0.717, 1.165) is 66.3 Å². The third-order valence-electron chi connectivity index (χ3n) is 8.00. The van der Waals surface area contributed by atoms with E-state index in [1.165, 1.54) is 21.8 Å². The van der Waals surface area contributed by atoms with E-state index >= 15 is 0 Å². The normalized spacial score (nSPS) is 12.9. The molecule has 172 valence electrons. The van der Waals surface area contributed by atoms with Crippen molar-refractivity contribution in [2.45, 2.75) is 0 Å². The Hall–Kier alpha value is -5.16. The number of hydrogen-bond acceptors (Lipinski definition) is 3. The van der Waals surface area contributed by atoms with Crippen molar-refractivity contribution in [1.82, 2.24) is 8.80 Å². The van der Waals surface area contributed by atoms with Crippen LogP contribution in [0.4, 0.5) is 0 Å². The number of ether oxygens (including phenoxy) is 1. The van der Waals surface area contributed by atoms with Crippen LogP contribution < -0.4 is 4.74 Å². The summed E-state index contributed by atoms with van der Waals surface area (Å²) in [4.78, 5) is 0. The summed E-state index contributed by atoms with van der Waals surface area (Å²) in [6.07, 6.45) is 3.52. The van der Waals surface area contributed by atoms with Crippen LogP contribution in [0.25, 0.3) is 76.6 Å². The molecule has 0 fully saturated rings. The molecule has 6 heterocycles. The van der Waals surface area contributed by atoms with Gasteiger partial charge in [-0.3, -0.25) is 8.80 Å². The molecule has 4 aromatic carbocycles. The Balaban J connectivity index is 1.28. The minimum atomic E-state index is 0.806. The molecule has 0 unspecified atom stereocenters. The lowest BCUT2D eigenvalue weighted by molar-refractivity contribution is 0.485. The van der Waals surface area contributed by atoms with Gasteiger partial charge in [0.05, 0.1) is 34.6 Å². The van der Waals surface area contributed by atoms with Gasteiger partial charge in [-0.25, -0.2) is 0 Å². The molecule has 10 rings (SSSR count). The number of fused-ring (bicyclic) bond motifs is 12. The Morgan fingerprint density at radius 3 is 1.38 bits per heavy atom. The lowest BCUT2D eigenvalue weighted by Gasteiger charge is -2.08. The van der Waals surface area contributed by atoms with E-state index in [-0.39, 0.29) is 0 Å². The Labute approximate surface area is 207 Å². The molecule has 0 spiro atoms. The molecule has 5 heteroatoms. The minimum absolute atomic E-state index is 0.806. The topological polar surface area (TPSA) is 44.3 Å². The van der Waals surface area contributed by atoms with Crippen LogP contribution in [0.15, 0.2) is 106 Å². The Kier molecular flexibility index (Phi) is 2.93. The summed E-state index contributed by atoms with van der Waals surface area (Å²) in [6.45, 7) is 0. The van der Waals surface area contributed by atoms with Crippen LogP contribution in [0.3, 0.4) is 0 Å². The molecule has 0 aliphatic carbocycles. The van der Waals surface area contributed by atoms with E-state index in [4.69, 9.17) is 13.6 Å². The first-order valence-electron chi connectivity index (χ1n) is 12.3. The first-order valence-corrected chi connectivity index (χ1v) is 12.3. The van der Waals surface area contributed by atoms with Gasteiger partial charge < -0.3 is 13.6 Å². The van der Waals surface area contributed by atoms with Gasteiger partial charge in [0.15, 0.2) is 0 Å². The van der Waals surface area contributed by atoms with Gasteiger partial charge in [0.2, 0.25) is 11.4 Å². The molecule has 0 radical (unpaired) electrons. The SMILES string of the molecule is c1ccc2c(c1)c1cc(Oc3cc4c5ccccc5n5c6occc6c(c3)c45)cc3c4ccoc4n2c13. The average Bonchev–Trinajstić information content (AvgIpc) is 3.74. The van der Waals surface area contributed by atoms with E-state index in [0.29, 0.717) is 0 Å². The van der Waals surface area contributed by atoms with E-state index in [9.17, 15) is 0 Å². The highest BCUT2D eigenvalue weighted by atomic mass is 16.5. The first kappa shape index (κ1) is 18.2. The summed E-state index contributed by atoms with van der Waals surface area (Å²) in [5.74, 6) is 1.61. The second-order valence-electron chi connectivity index (χ2n) is 9.82. The maximum Gasteiger partial charge on any atom is 0.212 e. The van der Waals surface area contributed by atoms with Gasteiger partial charge in [-0.05, 0) is 48.5 Å². The lowest BCUT2D eigenvalue weighted by Crippen LogP contribution is -1.85. The predicted molar refractivity (Wildman–Crippen MR) is 147 cm³/mol. The summed E-state index contributed by atoms with van der Waals surface area (Å²) < 4.78 is 23.0. The van der Waals surface area contributed by atoms with Gasteiger partial charge in [-0.1, -0.05) is 36.4 Å². The summed E-state index contributed by atoms with van der Waals surface area (Å²) in [6, 6.07) is 29.6. The van der Waals surface area contributed by atoms with Crippen molar-refractivity contribution in [3.8, 4) is 11.5 Å². The maximum absolute atomic E-state index is 6.67. The van der Waals surface area contributed by atoms with E-state index < -0.39 is 0 Å². The van der Waals surface area contributed by atoms with E-state index in [1.807, 2.05) is 12.1 Å². The van der Waals surface area contributed by atoms with Crippen LogP contribution in [0.2, 0.25) is 0 Å². The molecular formula is C32H16N2O3. The fourth-order valence-electron chi connectivity index (χ4n) is 6.59. The van der Waals surface area contributed by atoms with Crippen molar-refractivity contribution >= 4 is 76.6 Å². The summed E-state index contributed by atoms with van der Waals surface area (Å²) in [5.41, 5.74) is 6.35. The zero-order valence-corrected chi connectivity index (χ0v) is 19.4. The Morgan fingerprint density at radius 2 is 0.892 bits per heavy atom. The van der Waals surface area contributed by atoms with Crippen LogP contribution in [0, 0.1) is 0 Å². The fourth-order valence-corrected chi connectivity index (χ4v) is 6.59. The molecule has 0 saturated heterocycles. The van der Waals surface area contributed by atoms with Gasteiger partial charge >= 0.3 is 0 Å². The number of nitrogens with zero attached hydrogens (tertiary/aromatic N) is 2. The molecule has 0 amide bonds. The highest BCUT2D eigenvalue weighted by Crippen LogP contribution is 2.45. The Bertz CT molecular complexity index is 2330. The summed E-state index contributed by atoms with van der Waals surface area (Å²) in [5, 5.41) is 9.15. The van der Waals surface area contributed by atoms with Crippen LogP contribution in [-0.4, -0.2) is 8.80 Å². The maximum atomic E-state index is 6.67. The van der Waals surface area contributed by atoms with Crippen molar-refractivity contribution in [1.29, 1.82) is 0 Å². The average molecular weight is 476 g/mol. The lowest BCUT2D eigenvalue weighted by atomic mass is 10.1. The molecule has 0 bridgehead atoms. The third-order valence-corrected chi connectivity index (χ3v) is 8.00. The number of hydrogen-bond donors (Lipinski definition) is 0. The highest BCUT2D eigenvalue weighted by Gasteiger charge is 2.22. The van der Waals surface area contributed by atoms with Crippen LogP contribution in [0.5, 0.6) is 11.5 Å². The van der Waals surface area contributed by atoms with Crippen LogP contribution in [-0.2, 0) is 0 Å². The zero-order chi connectivity index (χ0) is 23.8. The van der Waals surface area contributed by atoms with Crippen molar-refractivity contribution in [3.63, 3.8) is 0 Å². The van der Waals surface area contributed by atoms with Crippen molar-refractivity contribution in [2.24, 2.45) is 0 Å². The summed E-state index contributed by atoms with van der Waals surface area (Å²) in [7, 11) is 0. The van der Waals surface area contributed by atoms with Crippen molar-refractivity contribution < 1.29 is 13.6 Å². The highest BCUT2D eigenvalue weighted by molar-refractivity contribution is 6.24. The first-order chi connectivity index (χ1) is 18.3. The number of aromatic nitrogens is 2. The van der Waals surface area contributed by atoms with Gasteiger partial charge in [-0.2, -0.15) is 0 Å². The molecule has 10 aromatic rings. The summed E-state index contributed by atoms with van der Waals surface area (Å²) >= 11 is 0. The quantitative estimate of drug-likeness (QED) is 0.250. The van der Waals surface area contributed by atoms with E-state index in [1.54, 1.807) is 12.5 Å². The van der Waals surface area contributed by atoms with Crippen LogP contribution >= 0.6 is 0 Å². The van der Waals surface area contributed by atoms with Crippen LogP contribution in [0.1, 0.15) is 0 Å². The fraction of sp³-hybridized carbons (Fsp3) is 0. The van der Waals surface area contributed by atoms with Gasteiger partial charge in [0, 0.05) is 43.1 Å². The van der Waals surface area contributed by atoms with Crippen molar-refractivity contribution in [2.75, 3.05) is 0 Å². The van der Waals surface area contributed by atoms with Gasteiger partial charge in [-0.15, -0.1) is 0 Å². The molecule has 0 aliphatic rings. The second-order valence-corrected chi connectivity index (χ2v) is 9.82. The monoisotopic (exact) mass is 476 g/mol. The van der Waals surface area contributed by atoms with Gasteiger partial charge in [0.25, 0.3) is 0 Å². The number of para-hydroxylation sites is 2. The molecule has 37 heavy (non-hydrogen) atoms. The molecule has 0 atom stereocenters. The minimum Gasteiger partial charge on any atom is -0.457 e. The smallest absolute Gasteiger partial charge is 0.212 e. The third kappa shape index (κ3) is 2.01. The molecular weight excluding hydrogens is 460 g/mol. The molecule has 0 N–H and O–H groups in total. The number of furan rings is 2. The standard InChI is InChI=1S/C32H16N2O3/c1-3-7-27-19(5-1)23-13-17(15-25-21-9-11-35-31(21)33(27)29(23)25)37-18-14-24-20-6-2-4-8-28(20)34-30(24)26(16-18)22-10-12-36-32(22)34/h1-16H. The predicted octanol–water partition coefficient (Wildman–Crippen LogP) is 8.97. The largest absolute Gasteiger partial charge is 0.457 e. The zero-order valence-electron chi connectivity index (χ0n) is 19.4.